The number of anilines is 1. The molecule has 0 spiro atoms. The third-order valence-electron chi connectivity index (χ3n) is 4.42. The lowest BCUT2D eigenvalue weighted by molar-refractivity contribution is 0.479. The summed E-state index contributed by atoms with van der Waals surface area (Å²) < 4.78 is 30.7. The predicted molar refractivity (Wildman–Crippen MR) is 111 cm³/mol. The van der Waals surface area contributed by atoms with Crippen LogP contribution in [0.3, 0.4) is 0 Å². The largest absolute Gasteiger partial charge is 0.505 e. The van der Waals surface area contributed by atoms with Gasteiger partial charge in [-0.2, -0.15) is 8.42 Å². The molecule has 0 radical (unpaired) electrons. The Kier molecular flexibility index (Phi) is 4.60. The van der Waals surface area contributed by atoms with Gasteiger partial charge in [-0.25, -0.2) is 4.68 Å². The van der Waals surface area contributed by atoms with E-state index < -0.39 is 15.6 Å². The van der Waals surface area contributed by atoms with Crippen LogP contribution in [-0.4, -0.2) is 30.6 Å². The van der Waals surface area contributed by atoms with Crippen LogP contribution in [0.2, 0.25) is 0 Å². The van der Waals surface area contributed by atoms with Gasteiger partial charge in [0.25, 0.3) is 15.6 Å². The van der Waals surface area contributed by atoms with Crippen molar-refractivity contribution in [2.75, 3.05) is 17.3 Å². The lowest BCUT2D eigenvalue weighted by atomic mass is 10.2. The van der Waals surface area contributed by atoms with Gasteiger partial charge in [0.1, 0.15) is 10.5 Å². The van der Waals surface area contributed by atoms with Gasteiger partial charge in [-0.15, -0.1) is 15.7 Å². The van der Waals surface area contributed by atoms with Crippen molar-refractivity contribution in [3.8, 4) is 5.75 Å². The number of hydrogen-bond acceptors (Lipinski definition) is 7. The number of thiophene rings is 1. The van der Waals surface area contributed by atoms with E-state index in [2.05, 4.69) is 15.1 Å². The van der Waals surface area contributed by atoms with Crippen molar-refractivity contribution in [1.82, 2.24) is 4.68 Å². The van der Waals surface area contributed by atoms with Gasteiger partial charge in [-0.1, -0.05) is 25.5 Å². The van der Waals surface area contributed by atoms with Crippen LogP contribution in [-0.2, 0) is 10.0 Å². The maximum absolute atomic E-state index is 13.1. The molecular formula is C18H18N4O4S2. The number of para-hydroxylation sites is 1. The zero-order valence-electron chi connectivity index (χ0n) is 15.0. The summed E-state index contributed by atoms with van der Waals surface area (Å²) in [6.07, 6.45) is 1.80. The maximum atomic E-state index is 13.1. The minimum absolute atomic E-state index is 0.0248. The fraction of sp³-hybridized carbons (Fsp3) is 0.222. The second kappa shape index (κ2) is 6.95. The van der Waals surface area contributed by atoms with Crippen molar-refractivity contribution in [3.05, 3.63) is 51.6 Å². The summed E-state index contributed by atoms with van der Waals surface area (Å²) in [5.41, 5.74) is 3.15. The first-order valence-electron chi connectivity index (χ1n) is 8.74. The average Bonchev–Trinajstić information content (AvgIpc) is 3.14. The van der Waals surface area contributed by atoms with E-state index in [4.69, 9.17) is 0 Å². The molecule has 0 amide bonds. The molecule has 146 valence electrons. The molecule has 8 nitrogen and oxygen atoms in total. The van der Waals surface area contributed by atoms with Crippen molar-refractivity contribution in [2.24, 2.45) is 4.40 Å². The van der Waals surface area contributed by atoms with Crippen molar-refractivity contribution < 1.29 is 13.5 Å². The fourth-order valence-electron chi connectivity index (χ4n) is 3.05. The molecule has 0 unspecified atom stereocenters. The molecule has 0 bridgehead atoms. The number of benzene rings is 1. The first-order valence-corrected chi connectivity index (χ1v) is 11.1. The Morgan fingerprint density at radius 3 is 2.86 bits per heavy atom. The smallest absolute Gasteiger partial charge is 0.286 e. The Labute approximate surface area is 165 Å². The number of amidine groups is 1. The van der Waals surface area contributed by atoms with Crippen LogP contribution in [0, 0.1) is 0 Å². The Morgan fingerprint density at radius 2 is 2.07 bits per heavy atom. The van der Waals surface area contributed by atoms with Crippen LogP contribution in [0.15, 0.2) is 49.8 Å². The summed E-state index contributed by atoms with van der Waals surface area (Å²) in [6, 6.07) is 8.02. The molecule has 4 rings (SSSR count). The quantitative estimate of drug-likeness (QED) is 0.549. The van der Waals surface area contributed by atoms with Crippen LogP contribution < -0.4 is 16.3 Å². The summed E-state index contributed by atoms with van der Waals surface area (Å²) >= 11 is 1.26. The highest BCUT2D eigenvalue weighted by Gasteiger charge is 2.29. The topological polar surface area (TPSA) is 113 Å². The minimum Gasteiger partial charge on any atom is -0.505 e. The van der Waals surface area contributed by atoms with E-state index in [1.807, 2.05) is 6.92 Å². The molecule has 28 heavy (non-hydrogen) atoms. The van der Waals surface area contributed by atoms with Gasteiger partial charge in [-0.05, 0) is 30.0 Å². The number of sulfonamides is 1. The Bertz CT molecular complexity index is 1260. The lowest BCUT2D eigenvalue weighted by Crippen LogP contribution is -2.36. The van der Waals surface area contributed by atoms with Gasteiger partial charge in [-0.3, -0.25) is 4.79 Å². The number of nitrogens with one attached hydrogen (secondary N) is 2. The van der Waals surface area contributed by atoms with E-state index in [0.717, 1.165) is 12.8 Å². The predicted octanol–water partition coefficient (Wildman–Crippen LogP) is 2.67. The van der Waals surface area contributed by atoms with Gasteiger partial charge in [0.15, 0.2) is 11.6 Å². The molecule has 10 heteroatoms. The molecular weight excluding hydrogens is 400 g/mol. The van der Waals surface area contributed by atoms with Gasteiger partial charge in [0, 0.05) is 6.54 Å². The monoisotopic (exact) mass is 418 g/mol. The summed E-state index contributed by atoms with van der Waals surface area (Å²) in [5.74, 6) is -0.480. The Balaban J connectivity index is 1.93. The van der Waals surface area contributed by atoms with E-state index in [1.54, 1.807) is 29.6 Å². The molecule has 0 fully saturated rings. The minimum atomic E-state index is -4.00. The Hall–Kier alpha value is -2.85. The molecule has 0 saturated heterocycles. The second-order valence-corrected chi connectivity index (χ2v) is 8.79. The lowest BCUT2D eigenvalue weighted by Gasteiger charge is -2.20. The normalized spacial score (nSPS) is 15.0. The third kappa shape index (κ3) is 2.94. The molecule has 0 atom stereocenters. The number of unbranched alkanes of at least 4 members (excludes halogenated alkanes) is 1. The molecule has 0 aliphatic carbocycles. The zero-order chi connectivity index (χ0) is 19.9. The van der Waals surface area contributed by atoms with E-state index >= 15 is 0 Å². The van der Waals surface area contributed by atoms with Crippen molar-refractivity contribution in [3.63, 3.8) is 0 Å². The van der Waals surface area contributed by atoms with Gasteiger partial charge in [0.2, 0.25) is 0 Å². The van der Waals surface area contributed by atoms with Crippen LogP contribution in [0.25, 0.3) is 10.2 Å². The van der Waals surface area contributed by atoms with E-state index in [0.29, 0.717) is 22.4 Å². The summed E-state index contributed by atoms with van der Waals surface area (Å²) in [4.78, 5) is 13.2. The molecule has 3 heterocycles. The van der Waals surface area contributed by atoms with Gasteiger partial charge < -0.3 is 15.8 Å². The fourth-order valence-corrected chi connectivity index (χ4v) is 5.00. The van der Waals surface area contributed by atoms with Crippen LogP contribution >= 0.6 is 11.3 Å². The maximum Gasteiger partial charge on any atom is 0.286 e. The standard InChI is InChI=1S/C18H18N4O4S2/c1-2-3-9-19-22-12-8-10-27-16(12)15(23)14(18(22)24)17-20-11-6-4-5-7-13(11)28(25,26)21-17/h4-8,10,19,23H,2-3,9H2,1H3,(H,20,21). The summed E-state index contributed by atoms with van der Waals surface area (Å²) in [5, 5.41) is 15.4. The summed E-state index contributed by atoms with van der Waals surface area (Å²) in [7, 11) is -4.00. The number of pyridine rings is 1. The third-order valence-corrected chi connectivity index (χ3v) is 6.67. The zero-order valence-corrected chi connectivity index (χ0v) is 16.6. The highest BCUT2D eigenvalue weighted by molar-refractivity contribution is 7.90. The molecule has 0 saturated carbocycles. The SMILES string of the molecule is CCCCNn1c(=O)c(C2=NS(=O)(=O)c3ccccc3N2)c(O)c2sccc21. The molecule has 3 N–H and O–H groups in total. The molecule has 1 aliphatic rings. The molecule has 1 aliphatic heterocycles. The molecule has 2 aromatic heterocycles. The number of fused-ring (bicyclic) bond motifs is 2. The van der Waals surface area contributed by atoms with Crippen molar-refractivity contribution in [2.45, 2.75) is 24.7 Å². The second-order valence-electron chi connectivity index (χ2n) is 6.30. The van der Waals surface area contributed by atoms with Crippen LogP contribution in [0.1, 0.15) is 25.3 Å². The first kappa shape index (κ1) is 18.5. The van der Waals surface area contributed by atoms with E-state index in [-0.39, 0.29) is 22.0 Å². The van der Waals surface area contributed by atoms with Crippen LogP contribution in [0.5, 0.6) is 5.75 Å². The van der Waals surface area contributed by atoms with Crippen molar-refractivity contribution in [1.29, 1.82) is 0 Å². The summed E-state index contributed by atoms with van der Waals surface area (Å²) in [6.45, 7) is 2.60. The van der Waals surface area contributed by atoms with E-state index in [9.17, 15) is 18.3 Å². The first-order chi connectivity index (χ1) is 13.4. The Morgan fingerprint density at radius 1 is 1.29 bits per heavy atom. The van der Waals surface area contributed by atoms with Crippen molar-refractivity contribution >= 4 is 43.1 Å². The number of rotatable bonds is 5. The van der Waals surface area contributed by atoms with E-state index in [1.165, 1.54) is 22.1 Å². The highest BCUT2D eigenvalue weighted by Crippen LogP contribution is 2.34. The number of aromatic hydroxyl groups is 1. The number of nitrogens with zero attached hydrogens (tertiary/aromatic N) is 2. The van der Waals surface area contributed by atoms with Gasteiger partial charge >= 0.3 is 0 Å². The van der Waals surface area contributed by atoms with Crippen LogP contribution in [0.4, 0.5) is 5.69 Å². The molecule has 3 aromatic rings. The molecule has 1 aromatic carbocycles. The number of aromatic nitrogens is 1. The number of hydrogen-bond donors (Lipinski definition) is 3. The average molecular weight is 419 g/mol. The highest BCUT2D eigenvalue weighted by atomic mass is 32.2. The van der Waals surface area contributed by atoms with Gasteiger partial charge in [0.05, 0.1) is 15.9 Å².